The third-order valence-electron chi connectivity index (χ3n) is 3.14. The van der Waals surface area contributed by atoms with Crippen LogP contribution in [0.5, 0.6) is 5.75 Å². The number of thioether (sulfide) groups is 1. The summed E-state index contributed by atoms with van der Waals surface area (Å²) >= 11 is 1.33. The fourth-order valence-corrected chi connectivity index (χ4v) is 2.56. The molecule has 0 spiro atoms. The minimum atomic E-state index is -0.262. The molecule has 1 aliphatic rings. The van der Waals surface area contributed by atoms with E-state index in [0.717, 1.165) is 11.1 Å². The summed E-state index contributed by atoms with van der Waals surface area (Å²) in [4.78, 5) is 11.0. The molecule has 1 heterocycles. The van der Waals surface area contributed by atoms with Crippen molar-refractivity contribution in [2.45, 2.75) is 6.61 Å². The Kier molecular flexibility index (Phi) is 5.22. The molecule has 1 saturated heterocycles. The smallest absolute Gasteiger partial charge is 0.236 e. The van der Waals surface area contributed by atoms with Gasteiger partial charge in [0.25, 0.3) is 0 Å². The van der Waals surface area contributed by atoms with Gasteiger partial charge in [-0.3, -0.25) is 4.79 Å². The number of hydrogen-bond acceptors (Lipinski definition) is 5. The first-order chi connectivity index (χ1) is 11.7. The first-order valence-electron chi connectivity index (χ1n) is 7.20. The third-order valence-corrected chi connectivity index (χ3v) is 4.00. The Morgan fingerprint density at radius 2 is 1.92 bits per heavy atom. The lowest BCUT2D eigenvalue weighted by Gasteiger charge is -2.06. The van der Waals surface area contributed by atoms with E-state index in [1.807, 2.05) is 24.3 Å². The van der Waals surface area contributed by atoms with Crippen LogP contribution in [0.15, 0.2) is 58.7 Å². The molecular formula is C17H14FN3O2S. The molecule has 0 unspecified atom stereocenters. The molecule has 1 amide bonds. The number of carbonyl (C=O) groups excluding carboxylic acids is 1. The second-order valence-electron chi connectivity index (χ2n) is 4.97. The second kappa shape index (κ2) is 7.74. The molecule has 1 aliphatic heterocycles. The summed E-state index contributed by atoms with van der Waals surface area (Å²) in [5.74, 6) is 0.772. The van der Waals surface area contributed by atoms with Gasteiger partial charge >= 0.3 is 0 Å². The van der Waals surface area contributed by atoms with Crippen molar-refractivity contribution in [3.8, 4) is 5.75 Å². The van der Waals surface area contributed by atoms with Crippen LogP contribution >= 0.6 is 11.8 Å². The van der Waals surface area contributed by atoms with Crippen molar-refractivity contribution in [1.29, 1.82) is 0 Å². The molecule has 0 aromatic heterocycles. The lowest BCUT2D eigenvalue weighted by atomic mass is 10.2. The van der Waals surface area contributed by atoms with Crippen molar-refractivity contribution in [1.82, 2.24) is 5.32 Å². The Balaban J connectivity index is 1.53. The first kappa shape index (κ1) is 16.2. The standard InChI is InChI=1S/C17H14FN3O2S/c18-14-5-1-13(2-6-14)10-23-15-7-3-12(4-8-15)9-19-21-17-20-16(22)11-24-17/h1-9H,10-11H2,(H,20,21,22). The Hall–Kier alpha value is -2.67. The van der Waals surface area contributed by atoms with Gasteiger partial charge in [0.1, 0.15) is 18.2 Å². The highest BCUT2D eigenvalue weighted by Gasteiger charge is 2.15. The summed E-state index contributed by atoms with van der Waals surface area (Å²) in [6, 6.07) is 13.5. The maximum Gasteiger partial charge on any atom is 0.236 e. The summed E-state index contributed by atoms with van der Waals surface area (Å²) < 4.78 is 18.5. The Labute approximate surface area is 142 Å². The lowest BCUT2D eigenvalue weighted by molar-refractivity contribution is -0.116. The number of rotatable bonds is 5. The van der Waals surface area contributed by atoms with Crippen molar-refractivity contribution in [3.63, 3.8) is 0 Å². The summed E-state index contributed by atoms with van der Waals surface area (Å²) in [5.41, 5.74) is 1.76. The van der Waals surface area contributed by atoms with Crippen LogP contribution in [-0.2, 0) is 11.4 Å². The fraction of sp³-hybridized carbons (Fsp3) is 0.118. The van der Waals surface area contributed by atoms with E-state index in [9.17, 15) is 9.18 Å². The monoisotopic (exact) mass is 343 g/mol. The highest BCUT2D eigenvalue weighted by atomic mass is 32.2. The normalized spacial score (nSPS) is 15.9. The van der Waals surface area contributed by atoms with E-state index in [4.69, 9.17) is 4.74 Å². The number of amides is 1. The van der Waals surface area contributed by atoms with Crippen LogP contribution in [-0.4, -0.2) is 23.0 Å². The molecule has 3 rings (SSSR count). The van der Waals surface area contributed by atoms with E-state index in [1.54, 1.807) is 18.3 Å². The van der Waals surface area contributed by atoms with Gasteiger partial charge in [0.2, 0.25) is 5.91 Å². The SMILES string of the molecule is O=C1CSC(=NN=Cc2ccc(OCc3ccc(F)cc3)cc2)N1. The van der Waals surface area contributed by atoms with Gasteiger partial charge in [0.05, 0.1) is 12.0 Å². The molecule has 0 radical (unpaired) electrons. The predicted octanol–water partition coefficient (Wildman–Crippen LogP) is 2.96. The number of carbonyl (C=O) groups is 1. The van der Waals surface area contributed by atoms with Gasteiger partial charge in [-0.15, -0.1) is 5.10 Å². The Morgan fingerprint density at radius 3 is 2.58 bits per heavy atom. The molecule has 0 atom stereocenters. The average molecular weight is 343 g/mol. The highest BCUT2D eigenvalue weighted by Crippen LogP contribution is 2.14. The summed E-state index contributed by atoms with van der Waals surface area (Å²) in [6.45, 7) is 0.373. The van der Waals surface area contributed by atoms with Crippen molar-refractivity contribution >= 4 is 29.1 Å². The van der Waals surface area contributed by atoms with Crippen LogP contribution in [0, 0.1) is 5.82 Å². The Morgan fingerprint density at radius 1 is 1.17 bits per heavy atom. The maximum absolute atomic E-state index is 12.8. The van der Waals surface area contributed by atoms with Crippen LogP contribution in [0.4, 0.5) is 4.39 Å². The molecule has 0 saturated carbocycles. The van der Waals surface area contributed by atoms with E-state index < -0.39 is 0 Å². The van der Waals surface area contributed by atoms with Crippen LogP contribution < -0.4 is 10.1 Å². The van der Waals surface area contributed by atoms with Crippen molar-refractivity contribution in [2.24, 2.45) is 10.2 Å². The molecule has 7 heteroatoms. The number of ether oxygens (including phenoxy) is 1. The van der Waals surface area contributed by atoms with E-state index in [-0.39, 0.29) is 11.7 Å². The van der Waals surface area contributed by atoms with Gasteiger partial charge in [-0.25, -0.2) is 4.39 Å². The summed E-state index contributed by atoms with van der Waals surface area (Å²) in [7, 11) is 0. The Bertz CT molecular complexity index is 773. The van der Waals surface area contributed by atoms with Crippen LogP contribution in [0.1, 0.15) is 11.1 Å². The van der Waals surface area contributed by atoms with Crippen LogP contribution in [0.2, 0.25) is 0 Å². The van der Waals surface area contributed by atoms with Gasteiger partial charge in [0.15, 0.2) is 5.17 Å². The van der Waals surface area contributed by atoms with E-state index in [0.29, 0.717) is 23.3 Å². The number of nitrogens with zero attached hydrogens (tertiary/aromatic N) is 2. The largest absolute Gasteiger partial charge is 0.489 e. The molecule has 1 N–H and O–H groups in total. The predicted molar refractivity (Wildman–Crippen MR) is 92.8 cm³/mol. The van der Waals surface area contributed by atoms with Gasteiger partial charge in [-0.2, -0.15) is 5.10 Å². The van der Waals surface area contributed by atoms with E-state index in [1.165, 1.54) is 23.9 Å². The van der Waals surface area contributed by atoms with Crippen molar-refractivity contribution in [2.75, 3.05) is 5.75 Å². The summed E-state index contributed by atoms with van der Waals surface area (Å²) in [5, 5.41) is 11.0. The maximum atomic E-state index is 12.8. The van der Waals surface area contributed by atoms with Crippen molar-refractivity contribution in [3.05, 3.63) is 65.5 Å². The van der Waals surface area contributed by atoms with Gasteiger partial charge in [-0.05, 0) is 47.5 Å². The zero-order chi connectivity index (χ0) is 16.8. The van der Waals surface area contributed by atoms with Gasteiger partial charge in [0, 0.05) is 0 Å². The van der Waals surface area contributed by atoms with Gasteiger partial charge < -0.3 is 10.1 Å². The zero-order valence-electron chi connectivity index (χ0n) is 12.6. The number of amidine groups is 1. The highest BCUT2D eigenvalue weighted by molar-refractivity contribution is 8.15. The molecule has 0 aliphatic carbocycles. The molecular weight excluding hydrogens is 329 g/mol. The van der Waals surface area contributed by atoms with E-state index in [2.05, 4.69) is 15.5 Å². The number of nitrogens with one attached hydrogen (secondary N) is 1. The van der Waals surface area contributed by atoms with E-state index >= 15 is 0 Å². The quantitative estimate of drug-likeness (QED) is 0.671. The lowest BCUT2D eigenvalue weighted by Crippen LogP contribution is -2.19. The topological polar surface area (TPSA) is 63.0 Å². The average Bonchev–Trinajstić information content (AvgIpc) is 3.01. The first-order valence-corrected chi connectivity index (χ1v) is 8.18. The summed E-state index contributed by atoms with van der Waals surface area (Å²) in [6.07, 6.45) is 1.60. The van der Waals surface area contributed by atoms with Crippen molar-refractivity contribution < 1.29 is 13.9 Å². The molecule has 1 fully saturated rings. The molecule has 122 valence electrons. The van der Waals surface area contributed by atoms with Gasteiger partial charge in [-0.1, -0.05) is 23.9 Å². The fourth-order valence-electron chi connectivity index (χ4n) is 1.92. The van der Waals surface area contributed by atoms with Crippen LogP contribution in [0.25, 0.3) is 0 Å². The second-order valence-corrected chi connectivity index (χ2v) is 5.93. The molecule has 5 nitrogen and oxygen atoms in total. The number of hydrogen-bond donors (Lipinski definition) is 1. The molecule has 2 aromatic rings. The minimum absolute atomic E-state index is 0.0587. The molecule has 2 aromatic carbocycles. The van der Waals surface area contributed by atoms with Crippen LogP contribution in [0.3, 0.4) is 0 Å². The zero-order valence-corrected chi connectivity index (χ0v) is 13.4. The molecule has 24 heavy (non-hydrogen) atoms. The molecule has 0 bridgehead atoms. The number of benzene rings is 2. The third kappa shape index (κ3) is 4.66. The minimum Gasteiger partial charge on any atom is -0.489 e. The number of halogens is 1.